The molecule has 2 aromatic carbocycles. The minimum absolute atomic E-state index is 0.190. The minimum atomic E-state index is 0.190. The zero-order chi connectivity index (χ0) is 15.2. The molecule has 0 bridgehead atoms. The molecule has 1 N–H and O–H groups in total. The van der Waals surface area contributed by atoms with Crippen LogP contribution in [0.15, 0.2) is 42.5 Å². The van der Waals surface area contributed by atoms with Gasteiger partial charge >= 0.3 is 0 Å². The van der Waals surface area contributed by atoms with E-state index >= 15 is 0 Å². The van der Waals surface area contributed by atoms with E-state index in [-0.39, 0.29) is 6.10 Å². The van der Waals surface area contributed by atoms with Crippen LogP contribution in [0.25, 0.3) is 0 Å². The average Bonchev–Trinajstić information content (AvgIpc) is 2.46. The van der Waals surface area contributed by atoms with Gasteiger partial charge in [-0.2, -0.15) is 0 Å². The summed E-state index contributed by atoms with van der Waals surface area (Å²) in [6.07, 6.45) is 0.190. The van der Waals surface area contributed by atoms with Gasteiger partial charge in [0.15, 0.2) is 0 Å². The van der Waals surface area contributed by atoms with E-state index in [1.54, 1.807) is 7.11 Å². The Hall–Kier alpha value is -1.87. The third-order valence-corrected chi connectivity index (χ3v) is 3.24. The molecule has 0 aliphatic rings. The summed E-state index contributed by atoms with van der Waals surface area (Å²) in [5, 5.41) is 3.93. The lowest BCUT2D eigenvalue weighted by Crippen LogP contribution is -2.05. The molecule has 0 saturated heterocycles. The van der Waals surface area contributed by atoms with Crippen LogP contribution in [0.4, 0.5) is 5.69 Å². The fourth-order valence-electron chi connectivity index (χ4n) is 1.94. The summed E-state index contributed by atoms with van der Waals surface area (Å²) >= 11 is 6.10. The van der Waals surface area contributed by atoms with Crippen molar-refractivity contribution in [3.63, 3.8) is 0 Å². The van der Waals surface area contributed by atoms with Crippen LogP contribution in [-0.2, 0) is 6.54 Å². The first-order valence-electron chi connectivity index (χ1n) is 6.91. The summed E-state index contributed by atoms with van der Waals surface area (Å²) in [6.45, 7) is 4.76. The minimum Gasteiger partial charge on any atom is -0.495 e. The molecular weight excluding hydrogens is 286 g/mol. The van der Waals surface area contributed by atoms with E-state index in [4.69, 9.17) is 21.1 Å². The smallest absolute Gasteiger partial charge is 0.137 e. The number of halogens is 1. The highest BCUT2D eigenvalue weighted by atomic mass is 35.5. The summed E-state index contributed by atoms with van der Waals surface area (Å²) < 4.78 is 10.8. The molecular formula is C17H20ClNO2. The molecule has 21 heavy (non-hydrogen) atoms. The maximum absolute atomic E-state index is 6.10. The van der Waals surface area contributed by atoms with Crippen molar-refractivity contribution in [3.05, 3.63) is 53.1 Å². The molecule has 112 valence electrons. The third kappa shape index (κ3) is 4.57. The molecule has 0 aliphatic heterocycles. The Balaban J connectivity index is 1.95. The van der Waals surface area contributed by atoms with Gasteiger partial charge in [0.05, 0.1) is 18.2 Å². The number of rotatable bonds is 6. The van der Waals surface area contributed by atoms with Crippen molar-refractivity contribution in [2.45, 2.75) is 26.5 Å². The van der Waals surface area contributed by atoms with E-state index in [0.29, 0.717) is 10.8 Å². The second kappa shape index (κ2) is 7.23. The largest absolute Gasteiger partial charge is 0.495 e. The van der Waals surface area contributed by atoms with Crippen molar-refractivity contribution in [2.24, 2.45) is 0 Å². The SMILES string of the molecule is COc1ccc(NCc2ccc(OC(C)C)cc2)cc1Cl. The first kappa shape index (κ1) is 15.5. The topological polar surface area (TPSA) is 30.5 Å². The van der Waals surface area contributed by atoms with Crippen molar-refractivity contribution < 1.29 is 9.47 Å². The average molecular weight is 306 g/mol. The second-order valence-electron chi connectivity index (χ2n) is 5.01. The number of hydrogen-bond donors (Lipinski definition) is 1. The zero-order valence-electron chi connectivity index (χ0n) is 12.5. The number of ether oxygens (including phenoxy) is 2. The van der Waals surface area contributed by atoms with E-state index < -0.39 is 0 Å². The normalized spacial score (nSPS) is 10.5. The Morgan fingerprint density at radius 3 is 2.38 bits per heavy atom. The monoisotopic (exact) mass is 305 g/mol. The lowest BCUT2D eigenvalue weighted by molar-refractivity contribution is 0.242. The molecule has 0 aliphatic carbocycles. The Morgan fingerprint density at radius 1 is 1.10 bits per heavy atom. The second-order valence-corrected chi connectivity index (χ2v) is 5.42. The molecule has 2 aromatic rings. The summed E-state index contributed by atoms with van der Waals surface area (Å²) in [6, 6.07) is 13.7. The molecule has 0 unspecified atom stereocenters. The number of methoxy groups -OCH3 is 1. The predicted octanol–water partition coefficient (Wildman–Crippen LogP) is 4.75. The first-order chi connectivity index (χ1) is 10.1. The van der Waals surface area contributed by atoms with Gasteiger partial charge in [-0.05, 0) is 49.7 Å². The van der Waals surface area contributed by atoms with E-state index in [1.165, 1.54) is 5.56 Å². The molecule has 0 saturated carbocycles. The molecule has 0 heterocycles. The van der Waals surface area contributed by atoms with Crippen LogP contribution < -0.4 is 14.8 Å². The molecule has 2 rings (SSSR count). The van der Waals surface area contributed by atoms with Gasteiger partial charge in [-0.25, -0.2) is 0 Å². The van der Waals surface area contributed by atoms with E-state index in [1.807, 2.05) is 44.2 Å². The maximum atomic E-state index is 6.10. The molecule has 4 heteroatoms. The van der Waals surface area contributed by atoms with Gasteiger partial charge in [0.1, 0.15) is 11.5 Å². The van der Waals surface area contributed by atoms with Gasteiger partial charge in [0.25, 0.3) is 0 Å². The fraction of sp³-hybridized carbons (Fsp3) is 0.294. The predicted molar refractivity (Wildman–Crippen MR) is 87.5 cm³/mol. The van der Waals surface area contributed by atoms with Crippen molar-refractivity contribution in [2.75, 3.05) is 12.4 Å². The summed E-state index contributed by atoms with van der Waals surface area (Å²) in [4.78, 5) is 0. The number of nitrogens with one attached hydrogen (secondary N) is 1. The number of hydrogen-bond acceptors (Lipinski definition) is 3. The van der Waals surface area contributed by atoms with Gasteiger partial charge in [-0.15, -0.1) is 0 Å². The van der Waals surface area contributed by atoms with Crippen molar-refractivity contribution in [1.29, 1.82) is 0 Å². The first-order valence-corrected chi connectivity index (χ1v) is 7.29. The molecule has 0 amide bonds. The highest BCUT2D eigenvalue weighted by molar-refractivity contribution is 6.32. The van der Waals surface area contributed by atoms with Crippen LogP contribution in [0.3, 0.4) is 0 Å². The van der Waals surface area contributed by atoms with Crippen molar-refractivity contribution in [3.8, 4) is 11.5 Å². The van der Waals surface area contributed by atoms with Gasteiger partial charge in [0.2, 0.25) is 0 Å². The number of anilines is 1. The van der Waals surface area contributed by atoms with Crippen LogP contribution in [0, 0.1) is 0 Å². The Labute approximate surface area is 130 Å². The van der Waals surface area contributed by atoms with Gasteiger partial charge in [0, 0.05) is 12.2 Å². The van der Waals surface area contributed by atoms with Crippen LogP contribution in [0.2, 0.25) is 5.02 Å². The molecule has 0 aromatic heterocycles. The van der Waals surface area contributed by atoms with Gasteiger partial charge in [-0.3, -0.25) is 0 Å². The maximum Gasteiger partial charge on any atom is 0.137 e. The molecule has 3 nitrogen and oxygen atoms in total. The summed E-state index contributed by atoms with van der Waals surface area (Å²) in [7, 11) is 1.61. The Morgan fingerprint density at radius 2 is 1.81 bits per heavy atom. The van der Waals surface area contributed by atoms with Crippen molar-refractivity contribution in [1.82, 2.24) is 0 Å². The van der Waals surface area contributed by atoms with Crippen LogP contribution in [0.5, 0.6) is 11.5 Å². The molecule has 0 atom stereocenters. The lowest BCUT2D eigenvalue weighted by Gasteiger charge is -2.11. The zero-order valence-corrected chi connectivity index (χ0v) is 13.3. The standard InChI is InChI=1S/C17H20ClNO2/c1-12(2)21-15-7-4-13(5-8-15)11-19-14-6-9-17(20-3)16(18)10-14/h4-10,12,19H,11H2,1-3H3. The Bertz CT molecular complexity index is 582. The molecule has 0 fully saturated rings. The van der Waals surface area contributed by atoms with E-state index in [2.05, 4.69) is 17.4 Å². The third-order valence-electron chi connectivity index (χ3n) is 2.94. The summed E-state index contributed by atoms with van der Waals surface area (Å²) in [5.74, 6) is 1.57. The number of benzene rings is 2. The van der Waals surface area contributed by atoms with Crippen LogP contribution in [0.1, 0.15) is 19.4 Å². The van der Waals surface area contributed by atoms with E-state index in [0.717, 1.165) is 18.0 Å². The van der Waals surface area contributed by atoms with Gasteiger partial charge < -0.3 is 14.8 Å². The molecule has 0 spiro atoms. The molecule has 0 radical (unpaired) electrons. The van der Waals surface area contributed by atoms with Crippen LogP contribution >= 0.6 is 11.6 Å². The summed E-state index contributed by atoms with van der Waals surface area (Å²) in [5.41, 5.74) is 2.14. The van der Waals surface area contributed by atoms with Crippen LogP contribution in [-0.4, -0.2) is 13.2 Å². The Kier molecular flexibility index (Phi) is 5.34. The lowest BCUT2D eigenvalue weighted by atomic mass is 10.2. The van der Waals surface area contributed by atoms with Crippen molar-refractivity contribution >= 4 is 17.3 Å². The van der Waals surface area contributed by atoms with E-state index in [9.17, 15) is 0 Å². The quantitative estimate of drug-likeness (QED) is 0.835. The highest BCUT2D eigenvalue weighted by Gasteiger charge is 2.02. The van der Waals surface area contributed by atoms with Gasteiger partial charge in [-0.1, -0.05) is 23.7 Å². The fourth-order valence-corrected chi connectivity index (χ4v) is 2.20. The highest BCUT2D eigenvalue weighted by Crippen LogP contribution is 2.27.